The first kappa shape index (κ1) is 20.3. The van der Waals surface area contributed by atoms with Crippen molar-refractivity contribution in [1.82, 2.24) is 14.7 Å². The molecule has 2 aliphatic heterocycles. The van der Waals surface area contributed by atoms with Crippen molar-refractivity contribution in [2.75, 3.05) is 6.54 Å². The second-order valence-electron chi connectivity index (χ2n) is 8.05. The minimum absolute atomic E-state index is 0.240. The van der Waals surface area contributed by atoms with Gasteiger partial charge in [-0.3, -0.25) is 14.3 Å². The van der Waals surface area contributed by atoms with Crippen LogP contribution in [0.15, 0.2) is 53.5 Å². The van der Waals surface area contributed by atoms with Crippen molar-refractivity contribution >= 4 is 5.91 Å². The van der Waals surface area contributed by atoms with E-state index in [9.17, 15) is 27.9 Å². The Morgan fingerprint density at radius 1 is 1.00 bits per heavy atom. The normalized spacial score (nSPS) is 20.7. The maximum absolute atomic E-state index is 14.2. The number of hydrogen-bond acceptors (Lipinski definition) is 4. The highest BCUT2D eigenvalue weighted by molar-refractivity contribution is 5.96. The van der Waals surface area contributed by atoms with Crippen molar-refractivity contribution in [2.24, 2.45) is 0 Å². The molecule has 6 nitrogen and oxygen atoms in total. The van der Waals surface area contributed by atoms with Gasteiger partial charge in [0.25, 0.3) is 5.91 Å². The molecule has 9 heteroatoms. The van der Waals surface area contributed by atoms with Gasteiger partial charge in [-0.05, 0) is 48.2 Å². The van der Waals surface area contributed by atoms with Crippen molar-refractivity contribution < 1.29 is 23.1 Å². The fourth-order valence-electron chi connectivity index (χ4n) is 4.91. The molecular weight excluding hydrogens is 423 g/mol. The Hall–Kier alpha value is -3.62. The number of halogens is 3. The fourth-order valence-corrected chi connectivity index (χ4v) is 4.91. The van der Waals surface area contributed by atoms with Gasteiger partial charge in [0.15, 0.2) is 23.1 Å². The molecule has 1 fully saturated rings. The predicted molar refractivity (Wildman–Crippen MR) is 108 cm³/mol. The van der Waals surface area contributed by atoms with Crippen LogP contribution in [0.5, 0.6) is 5.75 Å². The third kappa shape index (κ3) is 3.07. The van der Waals surface area contributed by atoms with Crippen LogP contribution in [0.4, 0.5) is 13.2 Å². The molecule has 2 aromatic carbocycles. The lowest BCUT2D eigenvalue weighted by atomic mass is 9.80. The van der Waals surface area contributed by atoms with Gasteiger partial charge in [0.1, 0.15) is 5.82 Å². The van der Waals surface area contributed by atoms with Gasteiger partial charge in [-0.15, -0.1) is 0 Å². The van der Waals surface area contributed by atoms with Gasteiger partial charge in [0.2, 0.25) is 5.43 Å². The largest absolute Gasteiger partial charge is 0.502 e. The second-order valence-corrected chi connectivity index (χ2v) is 8.05. The van der Waals surface area contributed by atoms with Gasteiger partial charge in [-0.2, -0.15) is 5.10 Å². The molecule has 3 aromatic rings. The highest BCUT2D eigenvalue weighted by Crippen LogP contribution is 2.45. The van der Waals surface area contributed by atoms with Crippen LogP contribution in [0, 0.1) is 17.5 Å². The van der Waals surface area contributed by atoms with Gasteiger partial charge in [-0.1, -0.05) is 18.2 Å². The summed E-state index contributed by atoms with van der Waals surface area (Å²) in [6, 6.07) is 8.11. The first-order chi connectivity index (χ1) is 15.4. The van der Waals surface area contributed by atoms with E-state index in [-0.39, 0.29) is 11.7 Å². The first-order valence-corrected chi connectivity index (χ1v) is 10.2. The van der Waals surface area contributed by atoms with E-state index in [1.807, 2.05) is 0 Å². The van der Waals surface area contributed by atoms with E-state index < -0.39 is 46.5 Å². The summed E-state index contributed by atoms with van der Waals surface area (Å²) in [5.41, 5.74) is -0.0373. The smallest absolute Gasteiger partial charge is 0.276 e. The van der Waals surface area contributed by atoms with Gasteiger partial charge >= 0.3 is 0 Å². The van der Waals surface area contributed by atoms with Crippen molar-refractivity contribution in [3.8, 4) is 5.75 Å². The standard InChI is InChI=1S/C23H18F3N3O3/c24-14-6-3-12(4-7-14)19(13-5-8-15(25)16(26)10-13)20-17-2-1-9-28(17)23(32)21-22(31)18(30)11-27-29(20)21/h3-8,10-11,17,19-20,31H,1-2,9H2/t17-,19-,20-/m1/s1. The molecule has 5 rings (SSSR count). The third-order valence-electron chi connectivity index (χ3n) is 6.30. The van der Waals surface area contributed by atoms with E-state index in [1.165, 1.54) is 22.9 Å². The summed E-state index contributed by atoms with van der Waals surface area (Å²) < 4.78 is 42.9. The molecule has 0 saturated carbocycles. The SMILES string of the molecule is O=C1c2c(O)c(=O)cnn2[C@@H]([C@H](c2ccc(F)cc2)c2ccc(F)c(F)c2)[C@H]2CCCN12. The van der Waals surface area contributed by atoms with Crippen LogP contribution < -0.4 is 5.43 Å². The first-order valence-electron chi connectivity index (χ1n) is 10.2. The summed E-state index contributed by atoms with van der Waals surface area (Å²) in [6.45, 7) is 0.427. The van der Waals surface area contributed by atoms with Crippen LogP contribution in [0.25, 0.3) is 0 Å². The number of rotatable bonds is 3. The monoisotopic (exact) mass is 441 g/mol. The molecule has 1 amide bonds. The Bertz CT molecular complexity index is 1280. The zero-order chi connectivity index (χ0) is 22.6. The van der Waals surface area contributed by atoms with Crippen LogP contribution in [0.2, 0.25) is 0 Å². The third-order valence-corrected chi connectivity index (χ3v) is 6.30. The Labute approximate surface area is 180 Å². The average Bonchev–Trinajstić information content (AvgIpc) is 3.26. The van der Waals surface area contributed by atoms with Crippen molar-refractivity contribution in [1.29, 1.82) is 0 Å². The van der Waals surface area contributed by atoms with E-state index in [1.54, 1.807) is 17.0 Å². The molecule has 1 saturated heterocycles. The van der Waals surface area contributed by atoms with Crippen molar-refractivity contribution in [3.63, 3.8) is 0 Å². The molecule has 0 unspecified atom stereocenters. The highest BCUT2D eigenvalue weighted by atomic mass is 19.2. The number of carbonyl (C=O) groups is 1. The van der Waals surface area contributed by atoms with Crippen LogP contribution >= 0.6 is 0 Å². The Balaban J connectivity index is 1.78. The second kappa shape index (κ2) is 7.51. The number of aromatic hydroxyl groups is 1. The number of amides is 1. The number of hydrogen-bond donors (Lipinski definition) is 1. The molecule has 1 aromatic heterocycles. The minimum atomic E-state index is -1.04. The molecule has 164 valence electrons. The van der Waals surface area contributed by atoms with E-state index in [0.717, 1.165) is 18.3 Å². The Kier molecular flexibility index (Phi) is 4.76. The molecule has 32 heavy (non-hydrogen) atoms. The Morgan fingerprint density at radius 2 is 1.72 bits per heavy atom. The topological polar surface area (TPSA) is 75.4 Å². The summed E-state index contributed by atoms with van der Waals surface area (Å²) in [4.78, 5) is 26.7. The number of carbonyl (C=O) groups excluding carboxylic acids is 1. The fraction of sp³-hybridized carbons (Fsp3) is 0.261. The number of nitrogens with zero attached hydrogens (tertiary/aromatic N) is 3. The van der Waals surface area contributed by atoms with E-state index in [4.69, 9.17) is 0 Å². The average molecular weight is 441 g/mol. The molecule has 2 aliphatic rings. The van der Waals surface area contributed by atoms with Crippen LogP contribution in [-0.2, 0) is 0 Å². The van der Waals surface area contributed by atoms with E-state index in [0.29, 0.717) is 30.5 Å². The van der Waals surface area contributed by atoms with Gasteiger partial charge < -0.3 is 10.0 Å². The number of benzene rings is 2. The van der Waals surface area contributed by atoms with E-state index >= 15 is 0 Å². The van der Waals surface area contributed by atoms with Crippen LogP contribution in [0.3, 0.4) is 0 Å². The maximum atomic E-state index is 14.2. The van der Waals surface area contributed by atoms with E-state index in [2.05, 4.69) is 5.10 Å². The maximum Gasteiger partial charge on any atom is 0.276 e. The quantitative estimate of drug-likeness (QED) is 0.677. The van der Waals surface area contributed by atoms with Gasteiger partial charge in [0, 0.05) is 12.5 Å². The molecule has 0 radical (unpaired) electrons. The molecule has 3 atom stereocenters. The minimum Gasteiger partial charge on any atom is -0.502 e. The van der Waals surface area contributed by atoms with Gasteiger partial charge in [0.05, 0.1) is 18.3 Å². The van der Waals surface area contributed by atoms with Crippen LogP contribution in [-0.4, -0.2) is 38.3 Å². The summed E-state index contributed by atoms with van der Waals surface area (Å²) in [6.07, 6.45) is 2.24. The lowest BCUT2D eigenvalue weighted by molar-refractivity contribution is 0.0565. The molecule has 3 heterocycles. The molecule has 1 N–H and O–H groups in total. The summed E-state index contributed by atoms with van der Waals surface area (Å²) in [5.74, 6) is -4.39. The lowest BCUT2D eigenvalue weighted by Crippen LogP contribution is -2.50. The highest BCUT2D eigenvalue weighted by Gasteiger charge is 2.48. The number of fused-ring (bicyclic) bond motifs is 2. The zero-order valence-electron chi connectivity index (χ0n) is 16.7. The zero-order valence-corrected chi connectivity index (χ0v) is 16.7. The van der Waals surface area contributed by atoms with Crippen molar-refractivity contribution in [3.05, 3.63) is 93.2 Å². The summed E-state index contributed by atoms with van der Waals surface area (Å²) >= 11 is 0. The Morgan fingerprint density at radius 3 is 2.44 bits per heavy atom. The molecule has 0 aliphatic carbocycles. The lowest BCUT2D eigenvalue weighted by Gasteiger charge is -2.42. The summed E-state index contributed by atoms with van der Waals surface area (Å²) in [7, 11) is 0. The molecule has 0 spiro atoms. The molecule has 0 bridgehead atoms. The summed E-state index contributed by atoms with van der Waals surface area (Å²) in [5, 5.41) is 14.6. The van der Waals surface area contributed by atoms with Crippen LogP contribution in [0.1, 0.15) is 46.4 Å². The predicted octanol–water partition coefficient (Wildman–Crippen LogP) is 3.36. The number of aromatic nitrogens is 2. The van der Waals surface area contributed by atoms with Gasteiger partial charge in [-0.25, -0.2) is 13.2 Å². The van der Waals surface area contributed by atoms with Crippen molar-refractivity contribution in [2.45, 2.75) is 30.8 Å². The molecular formula is C23H18F3N3O3.